The topological polar surface area (TPSA) is 25.8 Å². The van der Waals surface area contributed by atoms with E-state index in [9.17, 15) is 0 Å². The first-order valence-electron chi connectivity index (χ1n) is 5.75. The van der Waals surface area contributed by atoms with Gasteiger partial charge in [-0.15, -0.1) is 0 Å². The Kier molecular flexibility index (Phi) is 3.73. The largest absolute Gasteiger partial charge is 0.231 e. The van der Waals surface area contributed by atoms with Gasteiger partial charge in [0.05, 0.1) is 20.2 Å². The van der Waals surface area contributed by atoms with Gasteiger partial charge in [-0.1, -0.05) is 40.9 Å². The molecule has 1 heterocycles. The summed E-state index contributed by atoms with van der Waals surface area (Å²) in [5.74, 6) is 0.981. The third-order valence-corrected chi connectivity index (χ3v) is 5.10. The fourth-order valence-corrected chi connectivity index (χ4v) is 2.92. The van der Waals surface area contributed by atoms with Crippen LogP contribution in [0.15, 0.2) is 22.7 Å². The molecule has 3 rings (SSSR count). The van der Waals surface area contributed by atoms with Crippen molar-refractivity contribution in [2.24, 2.45) is 0 Å². The first-order valence-corrected chi connectivity index (χ1v) is 7.68. The number of rotatable bonds is 2. The summed E-state index contributed by atoms with van der Waals surface area (Å²) in [6.07, 6.45) is 2.27. The van der Waals surface area contributed by atoms with Gasteiger partial charge in [0.2, 0.25) is 0 Å². The third-order valence-electron chi connectivity index (χ3n) is 2.99. The Hall–Kier alpha value is -0.350. The molecule has 1 aliphatic carbocycles. The minimum Gasteiger partial charge on any atom is -0.231 e. The van der Waals surface area contributed by atoms with Gasteiger partial charge in [0.15, 0.2) is 5.82 Å². The second-order valence-electron chi connectivity index (χ2n) is 4.41. The molecule has 2 aromatic rings. The predicted molar refractivity (Wildman–Crippen MR) is 82.2 cm³/mol. The van der Waals surface area contributed by atoms with Crippen LogP contribution < -0.4 is 0 Å². The lowest BCUT2D eigenvalue weighted by Gasteiger charge is -2.09. The van der Waals surface area contributed by atoms with Gasteiger partial charge in [-0.3, -0.25) is 0 Å². The van der Waals surface area contributed by atoms with Gasteiger partial charge >= 0.3 is 0 Å². The van der Waals surface area contributed by atoms with Crippen LogP contribution in [0.25, 0.3) is 11.4 Å². The molecule has 0 atom stereocenters. The molecular weight excluding hydrogens is 370 g/mol. The fourth-order valence-electron chi connectivity index (χ4n) is 1.86. The van der Waals surface area contributed by atoms with E-state index in [1.165, 1.54) is 0 Å². The Bertz CT molecular complexity index is 657. The van der Waals surface area contributed by atoms with Crippen LogP contribution in [0.1, 0.15) is 24.5 Å². The maximum absolute atomic E-state index is 6.20. The van der Waals surface area contributed by atoms with Crippen LogP contribution in [-0.4, -0.2) is 9.97 Å². The lowest BCUT2D eigenvalue weighted by molar-refractivity contribution is 0.980. The second kappa shape index (κ2) is 5.21. The van der Waals surface area contributed by atoms with Crippen LogP contribution in [-0.2, 0) is 0 Å². The SMILES string of the molecule is Clc1cccc(-c2nc(Cl)c(Br)c(C3CC3)n2)c1Cl. The summed E-state index contributed by atoms with van der Waals surface area (Å²) in [6.45, 7) is 0. The lowest BCUT2D eigenvalue weighted by atomic mass is 10.2. The molecule has 0 saturated heterocycles. The predicted octanol–water partition coefficient (Wildman–Crippen LogP) is 5.74. The summed E-state index contributed by atoms with van der Waals surface area (Å²) in [6, 6.07) is 5.39. The first kappa shape index (κ1) is 13.6. The Labute approximate surface area is 134 Å². The van der Waals surface area contributed by atoms with E-state index in [0.717, 1.165) is 23.0 Å². The van der Waals surface area contributed by atoms with E-state index in [1.807, 2.05) is 12.1 Å². The molecule has 0 amide bonds. The number of hydrogen-bond acceptors (Lipinski definition) is 2. The average Bonchev–Trinajstić information content (AvgIpc) is 3.20. The third kappa shape index (κ3) is 2.62. The van der Waals surface area contributed by atoms with Crippen LogP contribution in [0.2, 0.25) is 15.2 Å². The van der Waals surface area contributed by atoms with Crippen LogP contribution >= 0.6 is 50.7 Å². The number of hydrogen-bond donors (Lipinski definition) is 0. The molecule has 1 fully saturated rings. The fraction of sp³-hybridized carbons (Fsp3) is 0.231. The van der Waals surface area contributed by atoms with E-state index in [0.29, 0.717) is 32.5 Å². The highest BCUT2D eigenvalue weighted by Gasteiger charge is 2.29. The number of nitrogens with zero attached hydrogens (tertiary/aromatic N) is 2. The lowest BCUT2D eigenvalue weighted by Crippen LogP contribution is -1.98. The highest BCUT2D eigenvalue weighted by atomic mass is 79.9. The normalized spacial score (nSPS) is 14.7. The summed E-state index contributed by atoms with van der Waals surface area (Å²) < 4.78 is 0.776. The van der Waals surface area contributed by atoms with Gasteiger partial charge in [0, 0.05) is 11.5 Å². The van der Waals surface area contributed by atoms with Crippen molar-refractivity contribution in [3.8, 4) is 11.4 Å². The number of aromatic nitrogens is 2. The average molecular weight is 378 g/mol. The van der Waals surface area contributed by atoms with Crippen molar-refractivity contribution in [1.82, 2.24) is 9.97 Å². The highest BCUT2D eigenvalue weighted by Crippen LogP contribution is 2.44. The van der Waals surface area contributed by atoms with Crippen molar-refractivity contribution in [2.45, 2.75) is 18.8 Å². The molecule has 98 valence electrons. The van der Waals surface area contributed by atoms with Crippen LogP contribution in [0, 0.1) is 0 Å². The zero-order valence-electron chi connectivity index (χ0n) is 9.63. The molecule has 1 aromatic heterocycles. The molecule has 6 heteroatoms. The molecule has 0 unspecified atom stereocenters. The molecular formula is C13H8BrCl3N2. The maximum atomic E-state index is 6.20. The standard InChI is InChI=1S/C13H8BrCl3N2/c14-9-11(6-4-5-6)18-13(19-12(9)17)7-2-1-3-8(15)10(7)16/h1-3,6H,4-5H2. The monoisotopic (exact) mass is 376 g/mol. The van der Waals surface area contributed by atoms with Crippen molar-refractivity contribution in [1.29, 1.82) is 0 Å². The summed E-state index contributed by atoms with van der Waals surface area (Å²) >= 11 is 21.8. The van der Waals surface area contributed by atoms with Gasteiger partial charge in [-0.05, 0) is 40.9 Å². The van der Waals surface area contributed by atoms with Crippen LogP contribution in [0.4, 0.5) is 0 Å². The number of benzene rings is 1. The molecule has 1 aromatic carbocycles. The second-order valence-corrected chi connectivity index (χ2v) is 6.35. The Morgan fingerprint density at radius 1 is 1.11 bits per heavy atom. The summed E-state index contributed by atoms with van der Waals surface area (Å²) in [5.41, 5.74) is 1.65. The van der Waals surface area contributed by atoms with Crippen molar-refractivity contribution in [3.63, 3.8) is 0 Å². The molecule has 1 saturated carbocycles. The zero-order chi connectivity index (χ0) is 13.6. The minimum atomic E-state index is 0.406. The Balaban J connectivity index is 2.17. The first-order chi connectivity index (χ1) is 9.08. The molecule has 1 aliphatic rings. The van der Waals surface area contributed by atoms with Crippen LogP contribution in [0.5, 0.6) is 0 Å². The van der Waals surface area contributed by atoms with Crippen molar-refractivity contribution < 1.29 is 0 Å². The summed E-state index contributed by atoms with van der Waals surface area (Å²) in [5, 5.41) is 1.34. The van der Waals surface area contributed by atoms with E-state index < -0.39 is 0 Å². The summed E-state index contributed by atoms with van der Waals surface area (Å²) in [4.78, 5) is 8.86. The van der Waals surface area contributed by atoms with Gasteiger partial charge < -0.3 is 0 Å². The molecule has 0 radical (unpaired) electrons. The molecule has 0 aliphatic heterocycles. The molecule has 0 N–H and O–H groups in total. The van der Waals surface area contributed by atoms with Gasteiger partial charge in [0.25, 0.3) is 0 Å². The van der Waals surface area contributed by atoms with Crippen LogP contribution in [0.3, 0.4) is 0 Å². The van der Waals surface area contributed by atoms with Gasteiger partial charge in [-0.2, -0.15) is 0 Å². The Morgan fingerprint density at radius 3 is 2.53 bits per heavy atom. The maximum Gasteiger partial charge on any atom is 0.162 e. The molecule has 0 bridgehead atoms. The smallest absolute Gasteiger partial charge is 0.162 e. The molecule has 19 heavy (non-hydrogen) atoms. The van der Waals surface area contributed by atoms with E-state index in [1.54, 1.807) is 6.07 Å². The van der Waals surface area contributed by atoms with Gasteiger partial charge in [-0.25, -0.2) is 9.97 Å². The van der Waals surface area contributed by atoms with E-state index in [4.69, 9.17) is 34.8 Å². The van der Waals surface area contributed by atoms with Gasteiger partial charge in [0.1, 0.15) is 5.15 Å². The molecule has 0 spiro atoms. The van der Waals surface area contributed by atoms with Crippen molar-refractivity contribution in [2.75, 3.05) is 0 Å². The van der Waals surface area contributed by atoms with Crippen molar-refractivity contribution in [3.05, 3.63) is 43.6 Å². The highest BCUT2D eigenvalue weighted by molar-refractivity contribution is 9.10. The van der Waals surface area contributed by atoms with E-state index in [-0.39, 0.29) is 0 Å². The van der Waals surface area contributed by atoms with Crippen molar-refractivity contribution >= 4 is 50.7 Å². The summed E-state index contributed by atoms with van der Waals surface area (Å²) in [7, 11) is 0. The van der Waals surface area contributed by atoms with E-state index in [2.05, 4.69) is 25.9 Å². The Morgan fingerprint density at radius 2 is 1.84 bits per heavy atom. The van der Waals surface area contributed by atoms with E-state index >= 15 is 0 Å². The minimum absolute atomic E-state index is 0.406. The molecule has 2 nitrogen and oxygen atoms in total. The zero-order valence-corrected chi connectivity index (χ0v) is 13.5. The quantitative estimate of drug-likeness (QED) is 0.623. The number of halogens is 4.